The van der Waals surface area contributed by atoms with Gasteiger partial charge in [-0.25, -0.2) is 0 Å². The summed E-state index contributed by atoms with van der Waals surface area (Å²) >= 11 is 3.38. The number of hydrogen-bond donors (Lipinski definition) is 1. The predicted octanol–water partition coefficient (Wildman–Crippen LogP) is 4.13. The lowest BCUT2D eigenvalue weighted by Crippen LogP contribution is -2.13. The van der Waals surface area contributed by atoms with E-state index in [9.17, 15) is 4.79 Å². The number of carbonyl (C=O) groups is 1. The van der Waals surface area contributed by atoms with Crippen molar-refractivity contribution in [3.05, 3.63) is 52.5 Å². The molecule has 0 atom stereocenters. The molecule has 0 aliphatic heterocycles. The molecule has 1 N–H and O–H groups in total. The van der Waals surface area contributed by atoms with Gasteiger partial charge in [0.1, 0.15) is 11.5 Å². The molecule has 5 nitrogen and oxygen atoms in total. The van der Waals surface area contributed by atoms with Gasteiger partial charge in [0.15, 0.2) is 0 Å². The molecule has 0 radical (unpaired) electrons. The molecule has 124 valence electrons. The Bertz CT molecular complexity index is 756. The second-order valence-corrected chi connectivity index (χ2v) is 5.90. The zero-order valence-corrected chi connectivity index (χ0v) is 14.8. The summed E-state index contributed by atoms with van der Waals surface area (Å²) in [4.78, 5) is 12.0. The van der Waals surface area contributed by atoms with Gasteiger partial charge in [0, 0.05) is 10.9 Å². The van der Waals surface area contributed by atoms with E-state index in [0.29, 0.717) is 36.4 Å². The molecule has 0 heterocycles. The Kier molecular flexibility index (Phi) is 6.64. The van der Waals surface area contributed by atoms with Crippen molar-refractivity contribution in [3.8, 4) is 17.6 Å². The summed E-state index contributed by atoms with van der Waals surface area (Å²) in [6.07, 6.45) is 0.895. The number of hydrogen-bond acceptors (Lipinski definition) is 4. The van der Waals surface area contributed by atoms with Crippen molar-refractivity contribution in [2.45, 2.75) is 12.8 Å². The lowest BCUT2D eigenvalue weighted by Gasteiger charge is -2.11. The van der Waals surface area contributed by atoms with Crippen molar-refractivity contribution in [1.82, 2.24) is 0 Å². The van der Waals surface area contributed by atoms with Crippen LogP contribution in [-0.4, -0.2) is 19.6 Å². The lowest BCUT2D eigenvalue weighted by atomic mass is 10.2. The topological polar surface area (TPSA) is 71.3 Å². The third-order valence-corrected chi connectivity index (χ3v) is 3.71. The lowest BCUT2D eigenvalue weighted by molar-refractivity contribution is -0.116. The number of nitrogens with one attached hydrogen (secondary N) is 1. The van der Waals surface area contributed by atoms with Gasteiger partial charge in [0.25, 0.3) is 0 Å². The molecule has 2 aromatic rings. The minimum absolute atomic E-state index is 0.152. The van der Waals surface area contributed by atoms with Crippen LogP contribution < -0.4 is 14.8 Å². The molecule has 24 heavy (non-hydrogen) atoms. The Morgan fingerprint density at radius 3 is 2.83 bits per heavy atom. The molecule has 0 fully saturated rings. The van der Waals surface area contributed by atoms with E-state index in [4.69, 9.17) is 14.7 Å². The molecule has 0 spiro atoms. The molecule has 0 saturated carbocycles. The number of benzene rings is 2. The van der Waals surface area contributed by atoms with Gasteiger partial charge in [-0.3, -0.25) is 4.79 Å². The largest absolute Gasteiger partial charge is 0.495 e. The second-order valence-electron chi connectivity index (χ2n) is 4.98. The van der Waals surface area contributed by atoms with E-state index in [2.05, 4.69) is 21.2 Å². The monoisotopic (exact) mass is 388 g/mol. The van der Waals surface area contributed by atoms with Crippen LogP contribution >= 0.6 is 15.9 Å². The molecule has 0 saturated heterocycles. The Hall–Kier alpha value is -2.52. The summed E-state index contributed by atoms with van der Waals surface area (Å²) in [5.41, 5.74) is 0.957. The van der Waals surface area contributed by atoms with Crippen LogP contribution in [-0.2, 0) is 4.79 Å². The van der Waals surface area contributed by atoms with Crippen molar-refractivity contribution >= 4 is 27.5 Å². The van der Waals surface area contributed by atoms with E-state index in [1.807, 2.05) is 30.3 Å². The first kappa shape index (κ1) is 17.8. The number of rotatable bonds is 7. The van der Waals surface area contributed by atoms with Crippen LogP contribution in [0.5, 0.6) is 11.5 Å². The van der Waals surface area contributed by atoms with Gasteiger partial charge in [-0.05, 0) is 42.8 Å². The van der Waals surface area contributed by atoms with Gasteiger partial charge in [-0.1, -0.05) is 22.0 Å². The smallest absolute Gasteiger partial charge is 0.224 e. The summed E-state index contributed by atoms with van der Waals surface area (Å²) in [6.45, 7) is 0.444. The first-order chi connectivity index (χ1) is 11.6. The van der Waals surface area contributed by atoms with Crippen LogP contribution in [0.15, 0.2) is 46.9 Å². The molecule has 6 heteroatoms. The number of ether oxygens (including phenoxy) is 2. The number of anilines is 1. The summed E-state index contributed by atoms with van der Waals surface area (Å²) in [5, 5.41) is 11.7. The highest BCUT2D eigenvalue weighted by atomic mass is 79.9. The summed E-state index contributed by atoms with van der Waals surface area (Å²) in [7, 11) is 1.52. The van der Waals surface area contributed by atoms with Crippen LogP contribution in [0.3, 0.4) is 0 Å². The maximum absolute atomic E-state index is 12.0. The fourth-order valence-corrected chi connectivity index (χ4v) is 2.45. The van der Waals surface area contributed by atoms with Gasteiger partial charge < -0.3 is 14.8 Å². The minimum Gasteiger partial charge on any atom is -0.495 e. The minimum atomic E-state index is -0.152. The Labute approximate surface area is 149 Å². The Morgan fingerprint density at radius 1 is 1.29 bits per heavy atom. The van der Waals surface area contributed by atoms with Crippen LogP contribution in [0.4, 0.5) is 5.69 Å². The normalized spacial score (nSPS) is 9.88. The quantitative estimate of drug-likeness (QED) is 0.723. The molecule has 0 aliphatic rings. The van der Waals surface area contributed by atoms with E-state index in [0.717, 1.165) is 10.2 Å². The van der Waals surface area contributed by atoms with E-state index in [1.165, 1.54) is 7.11 Å². The molecular formula is C18H17BrN2O3. The maximum atomic E-state index is 12.0. The Balaban J connectivity index is 1.82. The molecule has 0 aromatic heterocycles. The molecule has 2 aromatic carbocycles. The predicted molar refractivity (Wildman–Crippen MR) is 95.2 cm³/mol. The highest BCUT2D eigenvalue weighted by molar-refractivity contribution is 9.10. The number of carbonyl (C=O) groups excluding carboxylic acids is 1. The Morgan fingerprint density at radius 2 is 2.12 bits per heavy atom. The van der Waals surface area contributed by atoms with Crippen molar-refractivity contribution in [2.75, 3.05) is 19.0 Å². The van der Waals surface area contributed by atoms with Crippen LogP contribution in [0.25, 0.3) is 0 Å². The van der Waals surface area contributed by atoms with E-state index >= 15 is 0 Å². The molecule has 1 amide bonds. The fourth-order valence-electron chi connectivity index (χ4n) is 2.07. The third-order valence-electron chi connectivity index (χ3n) is 3.22. The van der Waals surface area contributed by atoms with Crippen LogP contribution in [0, 0.1) is 11.3 Å². The van der Waals surface area contributed by atoms with Gasteiger partial charge in [-0.2, -0.15) is 5.26 Å². The summed E-state index contributed by atoms with van der Waals surface area (Å²) in [5.74, 6) is 1.13. The average Bonchev–Trinajstić information content (AvgIpc) is 2.58. The standard InChI is InChI=1S/C18H17BrN2O3/c1-23-17-8-7-13(12-20)10-16(17)21-18(22)6-3-9-24-15-5-2-4-14(19)11-15/h2,4-5,7-8,10-11H,3,6,9H2,1H3,(H,21,22). The molecule has 0 bridgehead atoms. The fraction of sp³-hybridized carbons (Fsp3) is 0.222. The highest BCUT2D eigenvalue weighted by Gasteiger charge is 2.09. The van der Waals surface area contributed by atoms with Gasteiger partial charge in [0.2, 0.25) is 5.91 Å². The number of halogens is 1. The first-order valence-electron chi connectivity index (χ1n) is 7.38. The van der Waals surface area contributed by atoms with Crippen molar-refractivity contribution in [1.29, 1.82) is 5.26 Å². The number of nitriles is 1. The average molecular weight is 389 g/mol. The van der Waals surface area contributed by atoms with Crippen molar-refractivity contribution in [3.63, 3.8) is 0 Å². The molecular weight excluding hydrogens is 372 g/mol. The van der Waals surface area contributed by atoms with E-state index in [1.54, 1.807) is 18.2 Å². The zero-order valence-electron chi connectivity index (χ0n) is 13.2. The van der Waals surface area contributed by atoms with E-state index < -0.39 is 0 Å². The van der Waals surface area contributed by atoms with Gasteiger partial charge >= 0.3 is 0 Å². The first-order valence-corrected chi connectivity index (χ1v) is 8.18. The number of nitrogens with zero attached hydrogens (tertiary/aromatic N) is 1. The highest BCUT2D eigenvalue weighted by Crippen LogP contribution is 2.25. The second kappa shape index (κ2) is 8.94. The summed E-state index contributed by atoms with van der Waals surface area (Å²) < 4.78 is 11.7. The number of amides is 1. The zero-order chi connectivity index (χ0) is 17.4. The maximum Gasteiger partial charge on any atom is 0.224 e. The third kappa shape index (κ3) is 5.28. The van der Waals surface area contributed by atoms with Crippen LogP contribution in [0.2, 0.25) is 0 Å². The van der Waals surface area contributed by atoms with Crippen molar-refractivity contribution < 1.29 is 14.3 Å². The van der Waals surface area contributed by atoms with Crippen LogP contribution in [0.1, 0.15) is 18.4 Å². The van der Waals surface area contributed by atoms with Crippen molar-refractivity contribution in [2.24, 2.45) is 0 Å². The van der Waals surface area contributed by atoms with Gasteiger partial charge in [0.05, 0.1) is 31.0 Å². The number of methoxy groups -OCH3 is 1. The molecule has 0 aliphatic carbocycles. The summed E-state index contributed by atoms with van der Waals surface area (Å²) in [6, 6.07) is 14.5. The van der Waals surface area contributed by atoms with Gasteiger partial charge in [-0.15, -0.1) is 0 Å². The SMILES string of the molecule is COc1ccc(C#N)cc1NC(=O)CCCOc1cccc(Br)c1. The molecule has 0 unspecified atom stereocenters. The molecule has 2 rings (SSSR count). The van der Waals surface area contributed by atoms with E-state index in [-0.39, 0.29) is 5.91 Å².